The average Bonchev–Trinajstić information content (AvgIpc) is 2.25. The molecule has 0 saturated heterocycles. The highest BCUT2D eigenvalue weighted by molar-refractivity contribution is 9.10. The van der Waals surface area contributed by atoms with E-state index < -0.39 is 0 Å². The van der Waals surface area contributed by atoms with Crippen LogP contribution < -0.4 is 4.74 Å². The minimum absolute atomic E-state index is 0.597. The molecule has 0 aliphatic heterocycles. The Bertz CT molecular complexity index is 337. The summed E-state index contributed by atoms with van der Waals surface area (Å²) in [5.41, 5.74) is 1.22. The van der Waals surface area contributed by atoms with Gasteiger partial charge in [-0.15, -0.1) is 0 Å². The van der Waals surface area contributed by atoms with Crippen LogP contribution in [0.25, 0.3) is 0 Å². The predicted octanol–water partition coefficient (Wildman–Crippen LogP) is 4.20. The lowest BCUT2D eigenvalue weighted by atomic mass is 10.1. The predicted molar refractivity (Wildman–Crippen MR) is 74.6 cm³/mol. The molecule has 0 amide bonds. The molecule has 17 heavy (non-hydrogen) atoms. The van der Waals surface area contributed by atoms with E-state index in [4.69, 9.17) is 9.47 Å². The molecule has 0 atom stereocenters. The second-order valence-corrected chi connectivity index (χ2v) is 5.43. The van der Waals surface area contributed by atoms with Crippen LogP contribution in [0, 0.1) is 12.8 Å². The van der Waals surface area contributed by atoms with E-state index in [2.05, 4.69) is 42.8 Å². The van der Waals surface area contributed by atoms with Gasteiger partial charge in [0.15, 0.2) is 0 Å². The molecule has 0 aliphatic rings. The van der Waals surface area contributed by atoms with Crippen LogP contribution in [0.3, 0.4) is 0 Å². The van der Waals surface area contributed by atoms with Gasteiger partial charge < -0.3 is 9.47 Å². The minimum Gasteiger partial charge on any atom is -0.490 e. The fourth-order valence-corrected chi connectivity index (χ4v) is 1.96. The Morgan fingerprint density at radius 1 is 1.18 bits per heavy atom. The van der Waals surface area contributed by atoms with Crippen molar-refractivity contribution in [1.29, 1.82) is 0 Å². The van der Waals surface area contributed by atoms with Crippen molar-refractivity contribution < 1.29 is 9.47 Å². The maximum Gasteiger partial charge on any atom is 0.133 e. The van der Waals surface area contributed by atoms with E-state index in [1.165, 1.54) is 5.56 Å². The molecule has 1 aromatic rings. The van der Waals surface area contributed by atoms with Gasteiger partial charge in [-0.2, -0.15) is 0 Å². The van der Waals surface area contributed by atoms with Gasteiger partial charge in [-0.3, -0.25) is 0 Å². The molecule has 1 rings (SSSR count). The molecule has 0 saturated carbocycles. The van der Waals surface area contributed by atoms with Crippen molar-refractivity contribution in [3.8, 4) is 5.75 Å². The third-order valence-electron chi connectivity index (χ3n) is 2.41. The second kappa shape index (κ2) is 7.72. The van der Waals surface area contributed by atoms with E-state index in [1.807, 2.05) is 12.1 Å². The van der Waals surface area contributed by atoms with Gasteiger partial charge in [0.1, 0.15) is 12.4 Å². The Morgan fingerprint density at radius 2 is 1.94 bits per heavy atom. The van der Waals surface area contributed by atoms with Gasteiger partial charge in [0, 0.05) is 6.61 Å². The molecular weight excluding hydrogens is 280 g/mol. The van der Waals surface area contributed by atoms with Crippen molar-refractivity contribution in [1.82, 2.24) is 0 Å². The molecule has 0 fully saturated rings. The summed E-state index contributed by atoms with van der Waals surface area (Å²) in [6.07, 6.45) is 1.11. The van der Waals surface area contributed by atoms with Crippen molar-refractivity contribution in [2.75, 3.05) is 19.8 Å². The van der Waals surface area contributed by atoms with Crippen LogP contribution in [0.2, 0.25) is 0 Å². The molecular formula is C14H21BrO2. The first-order valence-corrected chi connectivity index (χ1v) is 6.85. The Balaban J connectivity index is 2.18. The van der Waals surface area contributed by atoms with Gasteiger partial charge >= 0.3 is 0 Å². The number of ether oxygens (including phenoxy) is 2. The lowest BCUT2D eigenvalue weighted by Gasteiger charge is -2.10. The average molecular weight is 301 g/mol. The van der Waals surface area contributed by atoms with Gasteiger partial charge in [-0.05, 0) is 52.9 Å². The van der Waals surface area contributed by atoms with Gasteiger partial charge in [0.25, 0.3) is 0 Å². The van der Waals surface area contributed by atoms with Crippen LogP contribution in [0.15, 0.2) is 22.7 Å². The molecule has 0 heterocycles. The fourth-order valence-electron chi connectivity index (χ4n) is 1.35. The van der Waals surface area contributed by atoms with Gasteiger partial charge in [0.05, 0.1) is 11.1 Å². The first-order valence-electron chi connectivity index (χ1n) is 6.06. The van der Waals surface area contributed by atoms with Crippen LogP contribution >= 0.6 is 15.9 Å². The van der Waals surface area contributed by atoms with Crippen LogP contribution in [0.4, 0.5) is 0 Å². The topological polar surface area (TPSA) is 18.5 Å². The minimum atomic E-state index is 0.597. The standard InChI is InChI=1S/C14H21BrO2/c1-11(2)6-7-16-8-9-17-14-5-4-12(3)10-13(14)15/h4-5,10-11H,6-9H2,1-3H3. The number of aryl methyl sites for hydroxylation is 1. The first-order chi connectivity index (χ1) is 8.09. The maximum atomic E-state index is 5.63. The number of halogens is 1. The molecule has 0 spiro atoms. The van der Waals surface area contributed by atoms with Crippen LogP contribution in [-0.4, -0.2) is 19.8 Å². The Morgan fingerprint density at radius 3 is 2.59 bits per heavy atom. The zero-order valence-electron chi connectivity index (χ0n) is 10.8. The summed E-state index contributed by atoms with van der Waals surface area (Å²) in [5, 5.41) is 0. The largest absolute Gasteiger partial charge is 0.490 e. The SMILES string of the molecule is Cc1ccc(OCCOCCC(C)C)c(Br)c1. The second-order valence-electron chi connectivity index (χ2n) is 4.58. The maximum absolute atomic E-state index is 5.63. The summed E-state index contributed by atoms with van der Waals surface area (Å²) < 4.78 is 12.1. The fraction of sp³-hybridized carbons (Fsp3) is 0.571. The molecule has 96 valence electrons. The highest BCUT2D eigenvalue weighted by Gasteiger charge is 2.00. The number of hydrogen-bond donors (Lipinski definition) is 0. The quantitative estimate of drug-likeness (QED) is 0.703. The summed E-state index contributed by atoms with van der Waals surface area (Å²) in [6.45, 7) is 8.51. The summed E-state index contributed by atoms with van der Waals surface area (Å²) in [6, 6.07) is 6.07. The van der Waals surface area contributed by atoms with Crippen LogP contribution in [-0.2, 0) is 4.74 Å². The highest BCUT2D eigenvalue weighted by Crippen LogP contribution is 2.25. The van der Waals surface area contributed by atoms with E-state index in [1.54, 1.807) is 0 Å². The van der Waals surface area contributed by atoms with E-state index in [-0.39, 0.29) is 0 Å². The Kier molecular flexibility index (Phi) is 6.60. The Labute approximate surface area is 112 Å². The van der Waals surface area contributed by atoms with Gasteiger partial charge in [-0.25, -0.2) is 0 Å². The van der Waals surface area contributed by atoms with Crippen molar-refractivity contribution in [3.05, 3.63) is 28.2 Å². The highest BCUT2D eigenvalue weighted by atomic mass is 79.9. The van der Waals surface area contributed by atoms with E-state index in [9.17, 15) is 0 Å². The zero-order valence-corrected chi connectivity index (χ0v) is 12.4. The van der Waals surface area contributed by atoms with E-state index in [0.717, 1.165) is 23.2 Å². The van der Waals surface area contributed by atoms with Crippen molar-refractivity contribution >= 4 is 15.9 Å². The normalized spacial score (nSPS) is 10.9. The van der Waals surface area contributed by atoms with Crippen molar-refractivity contribution in [2.24, 2.45) is 5.92 Å². The third-order valence-corrected chi connectivity index (χ3v) is 3.03. The molecule has 0 N–H and O–H groups in total. The molecule has 0 aliphatic carbocycles. The van der Waals surface area contributed by atoms with Gasteiger partial charge in [0.2, 0.25) is 0 Å². The third kappa shape index (κ3) is 6.08. The Hall–Kier alpha value is -0.540. The summed E-state index contributed by atoms with van der Waals surface area (Å²) in [5.74, 6) is 1.57. The molecule has 1 aromatic carbocycles. The first kappa shape index (κ1) is 14.5. The lowest BCUT2D eigenvalue weighted by Crippen LogP contribution is -2.08. The number of benzene rings is 1. The summed E-state index contributed by atoms with van der Waals surface area (Å²) >= 11 is 3.48. The lowest BCUT2D eigenvalue weighted by molar-refractivity contribution is 0.0923. The molecule has 3 heteroatoms. The molecule has 0 unspecified atom stereocenters. The summed E-state index contributed by atoms with van der Waals surface area (Å²) in [7, 11) is 0. The zero-order chi connectivity index (χ0) is 12.7. The molecule has 2 nitrogen and oxygen atoms in total. The van der Waals surface area contributed by atoms with Crippen molar-refractivity contribution in [3.63, 3.8) is 0 Å². The number of hydrogen-bond acceptors (Lipinski definition) is 2. The van der Waals surface area contributed by atoms with Gasteiger partial charge in [-0.1, -0.05) is 19.9 Å². The van der Waals surface area contributed by atoms with E-state index >= 15 is 0 Å². The molecule has 0 bridgehead atoms. The summed E-state index contributed by atoms with van der Waals surface area (Å²) in [4.78, 5) is 0. The molecule has 0 radical (unpaired) electrons. The monoisotopic (exact) mass is 300 g/mol. The van der Waals surface area contributed by atoms with E-state index in [0.29, 0.717) is 19.1 Å². The van der Waals surface area contributed by atoms with Crippen LogP contribution in [0.5, 0.6) is 5.75 Å². The number of rotatable bonds is 7. The van der Waals surface area contributed by atoms with Crippen LogP contribution in [0.1, 0.15) is 25.8 Å². The smallest absolute Gasteiger partial charge is 0.133 e. The van der Waals surface area contributed by atoms with Crippen molar-refractivity contribution in [2.45, 2.75) is 27.2 Å². The molecule has 0 aromatic heterocycles.